The van der Waals surface area contributed by atoms with Crippen molar-refractivity contribution in [2.45, 2.75) is 25.5 Å². The second kappa shape index (κ2) is 7.04. The fraction of sp³-hybridized carbons (Fsp3) is 0.381. The van der Waals surface area contributed by atoms with Crippen LogP contribution in [0.3, 0.4) is 0 Å². The second-order valence-electron chi connectivity index (χ2n) is 7.73. The van der Waals surface area contributed by atoms with Crippen molar-refractivity contribution in [2.24, 2.45) is 14.1 Å². The molecule has 0 amide bonds. The molecule has 0 saturated carbocycles. The van der Waals surface area contributed by atoms with Crippen LogP contribution >= 0.6 is 0 Å². The highest BCUT2D eigenvalue weighted by Crippen LogP contribution is 2.28. The van der Waals surface area contributed by atoms with Crippen LogP contribution in [0.1, 0.15) is 18.7 Å². The molecular formula is C21H24N6O2. The Morgan fingerprint density at radius 3 is 2.69 bits per heavy atom. The monoisotopic (exact) mass is 392 g/mol. The molecule has 150 valence electrons. The standard InChI is InChI=1S/C21H24N6O2/c1-24-9-8-16-17(24)4-3-5-18(16)29-15-6-10-26(11-7-15)14-19-22-23-20-21(28)25(2)12-13-27(19)20/h3-5,8-9,12-13,15H,6-7,10-11,14H2,1-2H3. The maximum atomic E-state index is 12.2. The molecule has 0 atom stereocenters. The smallest absolute Gasteiger partial charge is 0.295 e. The van der Waals surface area contributed by atoms with Gasteiger partial charge < -0.3 is 13.9 Å². The summed E-state index contributed by atoms with van der Waals surface area (Å²) < 4.78 is 11.8. The number of benzene rings is 1. The molecule has 3 aromatic heterocycles. The fourth-order valence-electron chi connectivity index (χ4n) is 4.07. The highest BCUT2D eigenvalue weighted by atomic mass is 16.5. The van der Waals surface area contributed by atoms with E-state index in [-0.39, 0.29) is 11.7 Å². The molecule has 4 heterocycles. The molecule has 5 rings (SSSR count). The van der Waals surface area contributed by atoms with Crippen molar-refractivity contribution in [1.82, 2.24) is 28.6 Å². The number of aryl methyl sites for hydroxylation is 2. The normalized spacial score (nSPS) is 16.1. The lowest BCUT2D eigenvalue weighted by atomic mass is 10.1. The third-order valence-electron chi connectivity index (χ3n) is 5.80. The van der Waals surface area contributed by atoms with Crippen LogP contribution < -0.4 is 10.3 Å². The first kappa shape index (κ1) is 17.9. The fourth-order valence-corrected chi connectivity index (χ4v) is 4.07. The van der Waals surface area contributed by atoms with E-state index in [1.807, 2.05) is 12.3 Å². The van der Waals surface area contributed by atoms with Crippen LogP contribution in [-0.4, -0.2) is 47.8 Å². The van der Waals surface area contributed by atoms with Crippen LogP contribution in [0.25, 0.3) is 16.6 Å². The van der Waals surface area contributed by atoms with Gasteiger partial charge in [-0.3, -0.25) is 14.1 Å². The number of hydrogen-bond donors (Lipinski definition) is 0. The lowest BCUT2D eigenvalue weighted by Crippen LogP contribution is -2.38. The summed E-state index contributed by atoms with van der Waals surface area (Å²) in [7, 11) is 3.77. The Labute approximate surface area is 167 Å². The number of fused-ring (bicyclic) bond motifs is 2. The van der Waals surface area contributed by atoms with Gasteiger partial charge >= 0.3 is 0 Å². The molecule has 4 aromatic rings. The zero-order valence-electron chi connectivity index (χ0n) is 16.7. The van der Waals surface area contributed by atoms with E-state index in [0.717, 1.165) is 42.9 Å². The Morgan fingerprint density at radius 2 is 1.86 bits per heavy atom. The highest BCUT2D eigenvalue weighted by molar-refractivity contribution is 5.86. The molecule has 1 aliphatic heterocycles. The van der Waals surface area contributed by atoms with Crippen LogP contribution in [0.15, 0.2) is 47.7 Å². The lowest BCUT2D eigenvalue weighted by Gasteiger charge is -2.31. The molecule has 1 aromatic carbocycles. The van der Waals surface area contributed by atoms with E-state index in [2.05, 4.69) is 51.1 Å². The number of aromatic nitrogens is 5. The molecule has 0 N–H and O–H groups in total. The van der Waals surface area contributed by atoms with Gasteiger partial charge in [0.15, 0.2) is 5.82 Å². The molecule has 1 fully saturated rings. The Hall–Kier alpha value is -3.13. The van der Waals surface area contributed by atoms with Gasteiger partial charge in [0, 0.05) is 51.2 Å². The van der Waals surface area contributed by atoms with E-state index in [0.29, 0.717) is 12.2 Å². The van der Waals surface area contributed by atoms with Gasteiger partial charge in [0.05, 0.1) is 12.1 Å². The van der Waals surface area contributed by atoms with Gasteiger partial charge in [0.1, 0.15) is 11.9 Å². The van der Waals surface area contributed by atoms with Gasteiger partial charge in [-0.15, -0.1) is 10.2 Å². The summed E-state index contributed by atoms with van der Waals surface area (Å²) in [6.45, 7) is 2.53. The van der Waals surface area contributed by atoms with Crippen molar-refractivity contribution < 1.29 is 4.74 Å². The molecule has 0 radical (unpaired) electrons. The zero-order valence-corrected chi connectivity index (χ0v) is 16.7. The third kappa shape index (κ3) is 3.19. The molecule has 8 nitrogen and oxygen atoms in total. The quantitative estimate of drug-likeness (QED) is 0.531. The van der Waals surface area contributed by atoms with E-state index in [1.165, 1.54) is 10.1 Å². The van der Waals surface area contributed by atoms with Crippen LogP contribution in [0.2, 0.25) is 0 Å². The summed E-state index contributed by atoms with van der Waals surface area (Å²) in [6, 6.07) is 8.33. The van der Waals surface area contributed by atoms with Crippen molar-refractivity contribution in [3.05, 3.63) is 59.0 Å². The summed E-state index contributed by atoms with van der Waals surface area (Å²) in [5.41, 5.74) is 1.43. The van der Waals surface area contributed by atoms with E-state index in [4.69, 9.17) is 4.74 Å². The minimum Gasteiger partial charge on any atom is -0.490 e. The van der Waals surface area contributed by atoms with Gasteiger partial charge in [-0.25, -0.2) is 0 Å². The number of hydrogen-bond acceptors (Lipinski definition) is 5. The van der Waals surface area contributed by atoms with E-state index in [1.54, 1.807) is 17.6 Å². The van der Waals surface area contributed by atoms with Gasteiger partial charge in [0.25, 0.3) is 5.56 Å². The third-order valence-corrected chi connectivity index (χ3v) is 5.80. The number of piperidine rings is 1. The molecule has 1 saturated heterocycles. The number of rotatable bonds is 4. The molecule has 0 bridgehead atoms. The molecule has 0 spiro atoms. The Bertz CT molecular complexity index is 1230. The van der Waals surface area contributed by atoms with E-state index >= 15 is 0 Å². The van der Waals surface area contributed by atoms with Gasteiger partial charge in [-0.2, -0.15) is 0 Å². The first-order chi connectivity index (χ1) is 14.1. The Balaban J connectivity index is 1.25. The second-order valence-corrected chi connectivity index (χ2v) is 7.73. The van der Waals surface area contributed by atoms with Crippen molar-refractivity contribution in [1.29, 1.82) is 0 Å². The summed E-state index contributed by atoms with van der Waals surface area (Å²) >= 11 is 0. The molecule has 29 heavy (non-hydrogen) atoms. The topological polar surface area (TPSA) is 69.6 Å². The van der Waals surface area contributed by atoms with Crippen molar-refractivity contribution in [3.63, 3.8) is 0 Å². The summed E-state index contributed by atoms with van der Waals surface area (Å²) in [5.74, 6) is 1.76. The molecule has 1 aliphatic rings. The summed E-state index contributed by atoms with van der Waals surface area (Å²) in [6.07, 6.45) is 7.79. The minimum atomic E-state index is -0.131. The molecule has 0 aliphatic carbocycles. The van der Waals surface area contributed by atoms with Gasteiger partial charge in [-0.1, -0.05) is 6.07 Å². The van der Waals surface area contributed by atoms with E-state index in [9.17, 15) is 4.79 Å². The van der Waals surface area contributed by atoms with Crippen LogP contribution in [0, 0.1) is 0 Å². The number of ether oxygens (including phenoxy) is 1. The largest absolute Gasteiger partial charge is 0.490 e. The Kier molecular flexibility index (Phi) is 4.35. The SMILES string of the molecule is Cn1ccn2c(CN3CCC(Oc4cccc5c4ccn5C)CC3)nnc2c1=O. The number of likely N-dealkylation sites (tertiary alicyclic amines) is 1. The number of nitrogens with zero attached hydrogens (tertiary/aromatic N) is 6. The molecular weight excluding hydrogens is 368 g/mol. The van der Waals surface area contributed by atoms with Crippen molar-refractivity contribution >= 4 is 16.6 Å². The maximum absolute atomic E-state index is 12.2. The highest BCUT2D eigenvalue weighted by Gasteiger charge is 2.23. The maximum Gasteiger partial charge on any atom is 0.295 e. The van der Waals surface area contributed by atoms with Gasteiger partial charge in [-0.05, 0) is 31.0 Å². The van der Waals surface area contributed by atoms with Crippen molar-refractivity contribution in [3.8, 4) is 5.75 Å². The lowest BCUT2D eigenvalue weighted by molar-refractivity contribution is 0.0963. The van der Waals surface area contributed by atoms with Crippen LogP contribution in [-0.2, 0) is 20.6 Å². The minimum absolute atomic E-state index is 0.131. The average molecular weight is 392 g/mol. The van der Waals surface area contributed by atoms with Gasteiger partial charge in [0.2, 0.25) is 5.65 Å². The van der Waals surface area contributed by atoms with Crippen LogP contribution in [0.4, 0.5) is 0 Å². The van der Waals surface area contributed by atoms with Crippen LogP contribution in [0.5, 0.6) is 5.75 Å². The van der Waals surface area contributed by atoms with Crippen molar-refractivity contribution in [2.75, 3.05) is 13.1 Å². The average Bonchev–Trinajstić information content (AvgIpc) is 3.31. The summed E-state index contributed by atoms with van der Waals surface area (Å²) in [5, 5.41) is 9.47. The summed E-state index contributed by atoms with van der Waals surface area (Å²) in [4.78, 5) is 14.5. The first-order valence-corrected chi connectivity index (χ1v) is 9.92. The predicted molar refractivity (Wildman–Crippen MR) is 110 cm³/mol. The predicted octanol–water partition coefficient (Wildman–Crippen LogP) is 1.96. The first-order valence-electron chi connectivity index (χ1n) is 9.92. The van der Waals surface area contributed by atoms with E-state index < -0.39 is 0 Å². The Morgan fingerprint density at radius 1 is 1.03 bits per heavy atom. The molecule has 8 heteroatoms. The molecule has 0 unspecified atom stereocenters. The zero-order chi connectivity index (χ0) is 20.0.